The van der Waals surface area contributed by atoms with Crippen LogP contribution >= 0.6 is 0 Å². The number of rotatable bonds is 7. The largest absolute Gasteiger partial charge is 0.482 e. The quantitative estimate of drug-likeness (QED) is 0.797. The van der Waals surface area contributed by atoms with Crippen LogP contribution < -0.4 is 10.1 Å². The van der Waals surface area contributed by atoms with Gasteiger partial charge >= 0.3 is 5.97 Å². The van der Waals surface area contributed by atoms with Gasteiger partial charge in [0.1, 0.15) is 5.75 Å². The Kier molecular flexibility index (Phi) is 4.61. The summed E-state index contributed by atoms with van der Waals surface area (Å²) in [7, 11) is 0. The first-order valence-corrected chi connectivity index (χ1v) is 6.77. The van der Waals surface area contributed by atoms with Gasteiger partial charge in [-0.05, 0) is 36.5 Å². The molecule has 1 aromatic carbocycles. The van der Waals surface area contributed by atoms with E-state index in [4.69, 9.17) is 9.84 Å². The van der Waals surface area contributed by atoms with Crippen LogP contribution in [0.3, 0.4) is 0 Å². The third kappa shape index (κ3) is 4.26. The Balaban J connectivity index is 1.84. The van der Waals surface area contributed by atoms with Crippen LogP contribution in [0.4, 0.5) is 0 Å². The Bertz CT molecular complexity index is 496. The molecule has 0 radical (unpaired) electrons. The average molecular weight is 277 g/mol. The summed E-state index contributed by atoms with van der Waals surface area (Å²) < 4.78 is 5.10. The monoisotopic (exact) mass is 277 g/mol. The fourth-order valence-electron chi connectivity index (χ4n) is 2.05. The van der Waals surface area contributed by atoms with Gasteiger partial charge in [0.15, 0.2) is 6.61 Å². The zero-order chi connectivity index (χ0) is 14.5. The molecule has 2 rings (SSSR count). The van der Waals surface area contributed by atoms with E-state index in [1.165, 1.54) is 0 Å². The van der Waals surface area contributed by atoms with Crippen LogP contribution in [0.2, 0.25) is 0 Å². The zero-order valence-electron chi connectivity index (χ0n) is 11.5. The van der Waals surface area contributed by atoms with Gasteiger partial charge in [-0.15, -0.1) is 0 Å². The first-order valence-electron chi connectivity index (χ1n) is 6.77. The highest BCUT2D eigenvalue weighted by Gasteiger charge is 2.32. The fourth-order valence-corrected chi connectivity index (χ4v) is 2.05. The highest BCUT2D eigenvalue weighted by molar-refractivity contribution is 5.78. The normalized spacial score (nSPS) is 15.4. The first kappa shape index (κ1) is 14.4. The number of carbonyl (C=O) groups is 2. The maximum Gasteiger partial charge on any atom is 0.341 e. The standard InChI is InChI=1S/C15H19NO4/c1-10(12-5-6-12)15(19)16-8-11-3-2-4-13(7-11)20-9-14(17)18/h2-4,7,10,12H,5-6,8-9H2,1H3,(H,16,19)(H,17,18). The number of carboxylic acids is 1. The van der Waals surface area contributed by atoms with Crippen molar-refractivity contribution in [1.82, 2.24) is 5.32 Å². The van der Waals surface area contributed by atoms with E-state index in [9.17, 15) is 9.59 Å². The van der Waals surface area contributed by atoms with Gasteiger partial charge in [0.05, 0.1) is 0 Å². The summed E-state index contributed by atoms with van der Waals surface area (Å²) in [6, 6.07) is 7.09. The molecule has 2 N–H and O–H groups in total. The number of amides is 1. The topological polar surface area (TPSA) is 75.6 Å². The number of ether oxygens (including phenoxy) is 1. The van der Waals surface area contributed by atoms with Crippen LogP contribution in [0.25, 0.3) is 0 Å². The summed E-state index contributed by atoms with van der Waals surface area (Å²) in [6.45, 7) is 2.02. The lowest BCUT2D eigenvalue weighted by Crippen LogP contribution is -2.29. The summed E-state index contributed by atoms with van der Waals surface area (Å²) >= 11 is 0. The highest BCUT2D eigenvalue weighted by atomic mass is 16.5. The molecule has 0 aromatic heterocycles. The minimum Gasteiger partial charge on any atom is -0.482 e. The molecule has 0 spiro atoms. The van der Waals surface area contributed by atoms with E-state index in [-0.39, 0.29) is 18.4 Å². The molecule has 0 saturated heterocycles. The molecule has 1 atom stereocenters. The molecule has 0 heterocycles. The van der Waals surface area contributed by atoms with Crippen LogP contribution in [-0.4, -0.2) is 23.6 Å². The number of carbonyl (C=O) groups excluding carboxylic acids is 1. The molecular formula is C15H19NO4. The Morgan fingerprint density at radius 1 is 1.45 bits per heavy atom. The van der Waals surface area contributed by atoms with Crippen molar-refractivity contribution in [3.05, 3.63) is 29.8 Å². The van der Waals surface area contributed by atoms with Crippen LogP contribution in [0.15, 0.2) is 24.3 Å². The molecule has 1 saturated carbocycles. The van der Waals surface area contributed by atoms with Crippen molar-refractivity contribution < 1.29 is 19.4 Å². The Labute approximate surface area is 117 Å². The van der Waals surface area contributed by atoms with E-state index in [2.05, 4.69) is 5.32 Å². The van der Waals surface area contributed by atoms with Gasteiger partial charge in [-0.25, -0.2) is 4.79 Å². The van der Waals surface area contributed by atoms with Gasteiger partial charge in [0, 0.05) is 12.5 Å². The lowest BCUT2D eigenvalue weighted by atomic mass is 10.1. The molecule has 1 unspecified atom stereocenters. The van der Waals surface area contributed by atoms with Crippen LogP contribution in [0.5, 0.6) is 5.75 Å². The third-order valence-corrected chi connectivity index (χ3v) is 3.47. The molecule has 1 aliphatic rings. The minimum atomic E-state index is -1.01. The van der Waals surface area contributed by atoms with E-state index >= 15 is 0 Å². The third-order valence-electron chi connectivity index (χ3n) is 3.47. The fraction of sp³-hybridized carbons (Fsp3) is 0.467. The molecule has 5 heteroatoms. The summed E-state index contributed by atoms with van der Waals surface area (Å²) in [6.07, 6.45) is 2.29. The zero-order valence-corrected chi connectivity index (χ0v) is 11.5. The maximum atomic E-state index is 11.9. The number of benzene rings is 1. The Morgan fingerprint density at radius 3 is 2.85 bits per heavy atom. The highest BCUT2D eigenvalue weighted by Crippen LogP contribution is 2.36. The van der Waals surface area contributed by atoms with E-state index in [1.54, 1.807) is 18.2 Å². The van der Waals surface area contributed by atoms with E-state index < -0.39 is 5.97 Å². The molecule has 1 amide bonds. The lowest BCUT2D eigenvalue weighted by Gasteiger charge is -2.11. The van der Waals surface area contributed by atoms with Gasteiger partial charge in [-0.2, -0.15) is 0 Å². The van der Waals surface area contributed by atoms with Crippen molar-refractivity contribution in [2.24, 2.45) is 11.8 Å². The molecule has 0 bridgehead atoms. The average Bonchev–Trinajstić information content (AvgIpc) is 3.26. The molecule has 1 fully saturated rings. The molecule has 5 nitrogen and oxygen atoms in total. The summed E-state index contributed by atoms with van der Waals surface area (Å²) in [5, 5.41) is 11.5. The van der Waals surface area contributed by atoms with E-state index in [0.29, 0.717) is 18.2 Å². The van der Waals surface area contributed by atoms with Gasteiger partial charge in [0.2, 0.25) is 5.91 Å². The lowest BCUT2D eigenvalue weighted by molar-refractivity contribution is -0.139. The van der Waals surface area contributed by atoms with Crippen molar-refractivity contribution in [3.63, 3.8) is 0 Å². The Hall–Kier alpha value is -2.04. The minimum absolute atomic E-state index is 0.0708. The molecule has 0 aliphatic heterocycles. The van der Waals surface area contributed by atoms with Gasteiger partial charge in [0.25, 0.3) is 0 Å². The Morgan fingerprint density at radius 2 is 2.20 bits per heavy atom. The van der Waals surface area contributed by atoms with Crippen molar-refractivity contribution >= 4 is 11.9 Å². The second kappa shape index (κ2) is 6.41. The number of hydrogen-bond donors (Lipinski definition) is 2. The van der Waals surface area contributed by atoms with Crippen LogP contribution in [0, 0.1) is 11.8 Å². The van der Waals surface area contributed by atoms with Crippen molar-refractivity contribution in [2.45, 2.75) is 26.3 Å². The number of carboxylic acid groups (broad SMARTS) is 1. The maximum absolute atomic E-state index is 11.9. The second-order valence-electron chi connectivity index (χ2n) is 5.17. The van der Waals surface area contributed by atoms with Crippen LogP contribution in [0.1, 0.15) is 25.3 Å². The second-order valence-corrected chi connectivity index (χ2v) is 5.17. The molecule has 108 valence electrons. The smallest absolute Gasteiger partial charge is 0.341 e. The summed E-state index contributed by atoms with van der Waals surface area (Å²) in [5.74, 6) is 0.169. The van der Waals surface area contributed by atoms with Gasteiger partial charge in [-0.3, -0.25) is 4.79 Å². The summed E-state index contributed by atoms with van der Waals surface area (Å²) in [5.41, 5.74) is 0.893. The number of hydrogen-bond acceptors (Lipinski definition) is 3. The number of aliphatic carboxylic acids is 1. The van der Waals surface area contributed by atoms with Crippen molar-refractivity contribution in [2.75, 3.05) is 6.61 Å². The van der Waals surface area contributed by atoms with E-state index in [1.807, 2.05) is 13.0 Å². The van der Waals surface area contributed by atoms with Crippen molar-refractivity contribution in [1.29, 1.82) is 0 Å². The van der Waals surface area contributed by atoms with E-state index in [0.717, 1.165) is 18.4 Å². The number of nitrogens with one attached hydrogen (secondary N) is 1. The molecule has 1 aliphatic carbocycles. The van der Waals surface area contributed by atoms with Gasteiger partial charge < -0.3 is 15.2 Å². The summed E-state index contributed by atoms with van der Waals surface area (Å²) in [4.78, 5) is 22.3. The van der Waals surface area contributed by atoms with Gasteiger partial charge in [-0.1, -0.05) is 19.1 Å². The molecule has 20 heavy (non-hydrogen) atoms. The molecular weight excluding hydrogens is 258 g/mol. The molecule has 1 aromatic rings. The predicted octanol–water partition coefficient (Wildman–Crippen LogP) is 1.81. The predicted molar refractivity (Wildman–Crippen MR) is 73.3 cm³/mol. The van der Waals surface area contributed by atoms with Crippen molar-refractivity contribution in [3.8, 4) is 5.75 Å². The first-order chi connectivity index (χ1) is 9.56. The SMILES string of the molecule is CC(C(=O)NCc1cccc(OCC(=O)O)c1)C1CC1. The van der Waals surface area contributed by atoms with Crippen LogP contribution in [-0.2, 0) is 16.1 Å².